The summed E-state index contributed by atoms with van der Waals surface area (Å²) in [6.07, 6.45) is 9.38. The summed E-state index contributed by atoms with van der Waals surface area (Å²) < 4.78 is 5.49. The Labute approximate surface area is 109 Å². The standard InChI is InChI=1S/C14H23NO3/c16-14-12(9-11-5-1-2-6-11)10-15(14)18-13-7-3-4-8-17-13/h11-13H,1-10H2/t12-,13+/m1/s1. The van der Waals surface area contributed by atoms with E-state index in [4.69, 9.17) is 9.57 Å². The highest BCUT2D eigenvalue weighted by molar-refractivity contribution is 5.83. The first-order valence-electron chi connectivity index (χ1n) is 7.42. The van der Waals surface area contributed by atoms with Crippen LogP contribution in [0.4, 0.5) is 0 Å². The average Bonchev–Trinajstić information content (AvgIpc) is 2.91. The number of rotatable bonds is 4. The summed E-state index contributed by atoms with van der Waals surface area (Å²) in [5.41, 5.74) is 0. The molecular formula is C14H23NO3. The molecule has 3 aliphatic rings. The lowest BCUT2D eigenvalue weighted by atomic mass is 9.88. The van der Waals surface area contributed by atoms with Crippen LogP contribution in [0.2, 0.25) is 0 Å². The van der Waals surface area contributed by atoms with Gasteiger partial charge in [0, 0.05) is 13.0 Å². The van der Waals surface area contributed by atoms with Crippen LogP contribution in [-0.2, 0) is 14.4 Å². The van der Waals surface area contributed by atoms with Crippen molar-refractivity contribution in [2.45, 2.75) is 57.7 Å². The Morgan fingerprint density at radius 3 is 2.61 bits per heavy atom. The molecule has 0 N–H and O–H groups in total. The van der Waals surface area contributed by atoms with Gasteiger partial charge in [-0.25, -0.2) is 9.90 Å². The van der Waals surface area contributed by atoms with Gasteiger partial charge in [-0.1, -0.05) is 25.7 Å². The van der Waals surface area contributed by atoms with E-state index < -0.39 is 0 Å². The van der Waals surface area contributed by atoms with Crippen LogP contribution in [-0.4, -0.2) is 30.4 Å². The van der Waals surface area contributed by atoms with Crippen LogP contribution in [0.1, 0.15) is 51.4 Å². The second-order valence-corrected chi connectivity index (χ2v) is 5.88. The molecule has 1 saturated carbocycles. The van der Waals surface area contributed by atoms with Crippen molar-refractivity contribution in [1.82, 2.24) is 5.06 Å². The van der Waals surface area contributed by atoms with Gasteiger partial charge in [0.1, 0.15) is 0 Å². The van der Waals surface area contributed by atoms with Gasteiger partial charge in [-0.3, -0.25) is 4.79 Å². The normalized spacial score (nSPS) is 33.8. The van der Waals surface area contributed by atoms with Crippen molar-refractivity contribution < 1.29 is 14.4 Å². The fourth-order valence-corrected chi connectivity index (χ4v) is 3.31. The fraction of sp³-hybridized carbons (Fsp3) is 0.929. The van der Waals surface area contributed by atoms with E-state index in [0.717, 1.165) is 44.8 Å². The van der Waals surface area contributed by atoms with Gasteiger partial charge in [-0.2, -0.15) is 0 Å². The predicted octanol–water partition coefficient (Wildman–Crippen LogP) is 2.48. The van der Waals surface area contributed by atoms with Crippen molar-refractivity contribution in [3.05, 3.63) is 0 Å². The maximum atomic E-state index is 12.0. The topological polar surface area (TPSA) is 38.8 Å². The van der Waals surface area contributed by atoms with Gasteiger partial charge >= 0.3 is 0 Å². The summed E-state index contributed by atoms with van der Waals surface area (Å²) >= 11 is 0. The first-order chi connectivity index (χ1) is 8.83. The molecule has 102 valence electrons. The molecule has 2 saturated heterocycles. The molecule has 0 unspecified atom stereocenters. The summed E-state index contributed by atoms with van der Waals surface area (Å²) in [6.45, 7) is 1.54. The van der Waals surface area contributed by atoms with Gasteiger partial charge in [-0.05, 0) is 25.2 Å². The smallest absolute Gasteiger partial charge is 0.251 e. The highest BCUT2D eigenvalue weighted by atomic mass is 16.8. The largest absolute Gasteiger partial charge is 0.350 e. The third-order valence-corrected chi connectivity index (χ3v) is 4.46. The Bertz CT molecular complexity index is 295. The Morgan fingerprint density at radius 1 is 1.17 bits per heavy atom. The number of amides is 1. The Kier molecular flexibility index (Phi) is 3.85. The van der Waals surface area contributed by atoms with Crippen LogP contribution in [0, 0.1) is 11.8 Å². The maximum absolute atomic E-state index is 12.0. The second kappa shape index (κ2) is 5.57. The zero-order valence-electron chi connectivity index (χ0n) is 11.0. The van der Waals surface area contributed by atoms with Gasteiger partial charge in [0.2, 0.25) is 0 Å². The van der Waals surface area contributed by atoms with E-state index in [2.05, 4.69) is 0 Å². The van der Waals surface area contributed by atoms with Gasteiger partial charge < -0.3 is 4.74 Å². The molecule has 18 heavy (non-hydrogen) atoms. The highest BCUT2D eigenvalue weighted by Gasteiger charge is 2.40. The van der Waals surface area contributed by atoms with E-state index in [1.165, 1.54) is 30.7 Å². The lowest BCUT2D eigenvalue weighted by Crippen LogP contribution is -2.54. The van der Waals surface area contributed by atoms with Gasteiger partial charge in [0.25, 0.3) is 5.91 Å². The number of nitrogens with zero attached hydrogens (tertiary/aromatic N) is 1. The van der Waals surface area contributed by atoms with E-state index in [1.54, 1.807) is 0 Å². The summed E-state index contributed by atoms with van der Waals surface area (Å²) in [7, 11) is 0. The van der Waals surface area contributed by atoms with Crippen LogP contribution in [0.15, 0.2) is 0 Å². The Balaban J connectivity index is 1.40. The number of hydroxylamine groups is 2. The zero-order chi connectivity index (χ0) is 12.4. The minimum atomic E-state index is -0.185. The van der Waals surface area contributed by atoms with E-state index >= 15 is 0 Å². The fourth-order valence-electron chi connectivity index (χ4n) is 3.31. The molecule has 0 aromatic heterocycles. The van der Waals surface area contributed by atoms with Crippen molar-refractivity contribution in [2.24, 2.45) is 11.8 Å². The molecule has 0 aromatic carbocycles. The monoisotopic (exact) mass is 253 g/mol. The Morgan fingerprint density at radius 2 is 1.94 bits per heavy atom. The lowest BCUT2D eigenvalue weighted by Gasteiger charge is -2.40. The molecule has 0 bridgehead atoms. The number of β-lactam (4-membered cyclic amide) rings is 1. The van der Waals surface area contributed by atoms with E-state index in [1.807, 2.05) is 0 Å². The third kappa shape index (κ3) is 2.69. The zero-order valence-corrected chi connectivity index (χ0v) is 11.0. The van der Waals surface area contributed by atoms with Gasteiger partial charge in [-0.15, -0.1) is 0 Å². The van der Waals surface area contributed by atoms with Crippen LogP contribution >= 0.6 is 0 Å². The van der Waals surface area contributed by atoms with Crippen molar-refractivity contribution in [2.75, 3.05) is 13.2 Å². The van der Waals surface area contributed by atoms with E-state index in [-0.39, 0.29) is 18.1 Å². The van der Waals surface area contributed by atoms with Gasteiger partial charge in [0.15, 0.2) is 6.29 Å². The molecule has 3 fully saturated rings. The van der Waals surface area contributed by atoms with Crippen LogP contribution in [0.25, 0.3) is 0 Å². The minimum absolute atomic E-state index is 0.177. The highest BCUT2D eigenvalue weighted by Crippen LogP contribution is 2.34. The molecule has 0 spiro atoms. The van der Waals surface area contributed by atoms with Gasteiger partial charge in [0.05, 0.1) is 12.5 Å². The molecule has 1 amide bonds. The predicted molar refractivity (Wildman–Crippen MR) is 66.5 cm³/mol. The number of hydrogen-bond donors (Lipinski definition) is 0. The first-order valence-corrected chi connectivity index (χ1v) is 7.42. The second-order valence-electron chi connectivity index (χ2n) is 5.88. The molecule has 0 radical (unpaired) electrons. The molecule has 1 aliphatic carbocycles. The van der Waals surface area contributed by atoms with Crippen LogP contribution in [0.3, 0.4) is 0 Å². The number of carbonyl (C=O) groups excluding carboxylic acids is 1. The van der Waals surface area contributed by atoms with Crippen molar-refractivity contribution >= 4 is 5.91 Å². The molecule has 4 heteroatoms. The number of hydrogen-bond acceptors (Lipinski definition) is 3. The molecule has 4 nitrogen and oxygen atoms in total. The number of carbonyl (C=O) groups is 1. The summed E-state index contributed by atoms with van der Waals surface area (Å²) in [4.78, 5) is 17.6. The van der Waals surface area contributed by atoms with Crippen molar-refractivity contribution in [3.63, 3.8) is 0 Å². The van der Waals surface area contributed by atoms with E-state index in [0.29, 0.717) is 0 Å². The summed E-state index contributed by atoms with van der Waals surface area (Å²) in [5, 5.41) is 1.52. The first kappa shape index (κ1) is 12.4. The SMILES string of the molecule is O=C1[C@H](CC2CCCC2)CN1O[C@H]1CCCCO1. The maximum Gasteiger partial charge on any atom is 0.251 e. The van der Waals surface area contributed by atoms with Crippen molar-refractivity contribution in [3.8, 4) is 0 Å². The number of ether oxygens (including phenoxy) is 1. The summed E-state index contributed by atoms with van der Waals surface area (Å²) in [5.74, 6) is 1.18. The van der Waals surface area contributed by atoms with E-state index in [9.17, 15) is 4.79 Å². The minimum Gasteiger partial charge on any atom is -0.350 e. The summed E-state index contributed by atoms with van der Waals surface area (Å²) in [6, 6.07) is 0. The molecule has 0 aromatic rings. The van der Waals surface area contributed by atoms with Crippen molar-refractivity contribution in [1.29, 1.82) is 0 Å². The molecule has 2 aliphatic heterocycles. The Hall–Kier alpha value is -0.610. The molecule has 3 rings (SSSR count). The molecule has 2 heterocycles. The quantitative estimate of drug-likeness (QED) is 0.722. The molecule has 2 atom stereocenters. The lowest BCUT2D eigenvalue weighted by molar-refractivity contribution is -0.301. The van der Waals surface area contributed by atoms with Crippen LogP contribution in [0.5, 0.6) is 0 Å². The molecular weight excluding hydrogens is 230 g/mol. The third-order valence-electron chi connectivity index (χ3n) is 4.46. The average molecular weight is 253 g/mol. The van der Waals surface area contributed by atoms with Crippen LogP contribution < -0.4 is 0 Å².